The van der Waals surface area contributed by atoms with Crippen LogP contribution in [0.3, 0.4) is 0 Å². The average Bonchev–Trinajstić information content (AvgIpc) is 3.89. The second-order valence-electron chi connectivity index (χ2n) is 15.0. The number of carbonyl (C=O) groups excluding carboxylic acids is 5. The first kappa shape index (κ1) is 38.0. The maximum absolute atomic E-state index is 14.2. The van der Waals surface area contributed by atoms with E-state index in [0.717, 1.165) is 5.56 Å². The van der Waals surface area contributed by atoms with Crippen LogP contribution in [0.1, 0.15) is 72.8 Å². The Hall–Kier alpha value is -3.85. The van der Waals surface area contributed by atoms with Crippen LogP contribution >= 0.6 is 11.6 Å². The van der Waals surface area contributed by atoms with E-state index in [0.29, 0.717) is 18.5 Å². The van der Waals surface area contributed by atoms with Crippen LogP contribution in [-0.2, 0) is 33.9 Å². The van der Waals surface area contributed by atoms with Gasteiger partial charge >= 0.3 is 12.2 Å². The van der Waals surface area contributed by atoms with Crippen molar-refractivity contribution in [3.63, 3.8) is 0 Å². The van der Waals surface area contributed by atoms with Gasteiger partial charge in [-0.3, -0.25) is 24.4 Å². The summed E-state index contributed by atoms with van der Waals surface area (Å²) < 4.78 is 38.3. The molecule has 0 spiro atoms. The van der Waals surface area contributed by atoms with Crippen molar-refractivity contribution in [2.45, 2.75) is 109 Å². The summed E-state index contributed by atoms with van der Waals surface area (Å²) in [6.45, 7) is 15.5. The maximum atomic E-state index is 14.2. The van der Waals surface area contributed by atoms with Gasteiger partial charge in [-0.15, -0.1) is 6.58 Å². The number of ether oxygens (including phenoxy) is 2. The Labute approximate surface area is 292 Å². The number of aryl methyl sites for hydroxylation is 1. The van der Waals surface area contributed by atoms with Gasteiger partial charge in [0.25, 0.3) is 5.91 Å². The van der Waals surface area contributed by atoms with E-state index in [9.17, 15) is 32.4 Å². The Kier molecular flexibility index (Phi) is 10.7. The Morgan fingerprint density at radius 3 is 2.29 bits per heavy atom. The van der Waals surface area contributed by atoms with Crippen molar-refractivity contribution >= 4 is 57.2 Å². The Bertz CT molecular complexity index is 1630. The van der Waals surface area contributed by atoms with Crippen LogP contribution in [0.25, 0.3) is 0 Å². The molecule has 1 aliphatic heterocycles. The maximum Gasteiger partial charge on any atom is 0.412 e. The summed E-state index contributed by atoms with van der Waals surface area (Å²) >= 11 is 6.22. The second kappa shape index (κ2) is 13.8. The van der Waals surface area contributed by atoms with E-state index in [2.05, 4.69) is 27.3 Å². The topological polar surface area (TPSA) is 189 Å². The van der Waals surface area contributed by atoms with Gasteiger partial charge in [-0.25, -0.2) is 18.0 Å². The predicted molar refractivity (Wildman–Crippen MR) is 182 cm³/mol. The molecule has 5 atom stereocenters. The summed E-state index contributed by atoms with van der Waals surface area (Å²) in [7, 11) is -3.92. The predicted octanol–water partition coefficient (Wildman–Crippen LogP) is 3.78. The van der Waals surface area contributed by atoms with Gasteiger partial charge in [0, 0.05) is 12.3 Å². The molecule has 1 aromatic rings. The molecule has 270 valence electrons. The SMILES string of the molecule is C=CC1CC1(NC(=O)C1CC(OC(=O)Nc2cc(C)ccc2Cl)CN1C(=O)C(NC(=O)OC(C)(C)C)C(C)(C)C)C(=O)NS(=O)(=O)C1CC1. The number of nitrogens with zero attached hydrogens (tertiary/aromatic N) is 1. The molecule has 0 radical (unpaired) electrons. The standard InChI is InChI=1S/C33H46ClN5O9S/c1-9-19-16-33(19,28(42)38-49(45,46)21-11-12-21)37-26(40)24-15-20(47-29(43)35-23-14-18(2)10-13-22(23)34)17-39(24)27(41)25(31(3,4)5)36-30(44)48-32(6,7)8/h9-10,13-14,19-21,24-25H,1,11-12,15-17H2,2-8H3,(H,35,43)(H,36,44)(H,37,40)(H,38,42). The van der Waals surface area contributed by atoms with Gasteiger partial charge in [0.05, 0.1) is 22.5 Å². The number of nitrogens with one attached hydrogen (secondary N) is 4. The number of alkyl carbamates (subject to hydrolysis) is 1. The molecule has 5 unspecified atom stereocenters. The minimum atomic E-state index is -3.92. The molecule has 3 aliphatic rings. The van der Waals surface area contributed by atoms with Crippen molar-refractivity contribution in [2.75, 3.05) is 11.9 Å². The summed E-state index contributed by atoms with van der Waals surface area (Å²) in [4.78, 5) is 68.6. The molecule has 14 nitrogen and oxygen atoms in total. The van der Waals surface area contributed by atoms with E-state index in [1.54, 1.807) is 59.7 Å². The van der Waals surface area contributed by atoms with Crippen LogP contribution in [0, 0.1) is 18.3 Å². The molecule has 1 aromatic carbocycles. The van der Waals surface area contributed by atoms with Crippen LogP contribution in [0.4, 0.5) is 15.3 Å². The summed E-state index contributed by atoms with van der Waals surface area (Å²) in [5.41, 5.74) is -2.19. The lowest BCUT2D eigenvalue weighted by Crippen LogP contribution is -2.60. The number of amides is 5. The van der Waals surface area contributed by atoms with Crippen LogP contribution in [-0.4, -0.2) is 84.3 Å². The molecule has 16 heteroatoms. The zero-order valence-corrected chi connectivity index (χ0v) is 30.4. The van der Waals surface area contributed by atoms with Crippen LogP contribution in [0.2, 0.25) is 5.02 Å². The minimum Gasteiger partial charge on any atom is -0.444 e. The van der Waals surface area contributed by atoms with Crippen molar-refractivity contribution < 1.29 is 41.9 Å². The molecule has 1 saturated heterocycles. The van der Waals surface area contributed by atoms with Crippen molar-refractivity contribution in [3.05, 3.63) is 41.4 Å². The van der Waals surface area contributed by atoms with Gasteiger partial charge in [0.1, 0.15) is 29.3 Å². The van der Waals surface area contributed by atoms with Gasteiger partial charge in [-0.1, -0.05) is 44.5 Å². The van der Waals surface area contributed by atoms with E-state index in [-0.39, 0.29) is 24.4 Å². The highest BCUT2D eigenvalue weighted by molar-refractivity contribution is 7.91. The highest BCUT2D eigenvalue weighted by atomic mass is 35.5. The summed E-state index contributed by atoms with van der Waals surface area (Å²) in [5.74, 6) is -2.88. The van der Waals surface area contributed by atoms with Crippen molar-refractivity contribution in [1.82, 2.24) is 20.3 Å². The van der Waals surface area contributed by atoms with Gasteiger partial charge in [-0.2, -0.15) is 0 Å². The van der Waals surface area contributed by atoms with Crippen LogP contribution < -0.4 is 20.7 Å². The molecule has 1 heterocycles. The molecular weight excluding hydrogens is 678 g/mol. The molecule has 4 rings (SSSR count). The van der Waals surface area contributed by atoms with E-state index in [4.69, 9.17) is 21.1 Å². The van der Waals surface area contributed by atoms with Crippen molar-refractivity contribution in [2.24, 2.45) is 11.3 Å². The molecule has 0 bridgehead atoms. The summed E-state index contributed by atoms with van der Waals surface area (Å²) in [6, 6.07) is 2.59. The smallest absolute Gasteiger partial charge is 0.412 e. The lowest BCUT2D eigenvalue weighted by Gasteiger charge is -2.36. The third-order valence-electron chi connectivity index (χ3n) is 8.50. The van der Waals surface area contributed by atoms with Gasteiger partial charge in [-0.05, 0) is 70.1 Å². The van der Waals surface area contributed by atoms with Crippen molar-refractivity contribution in [1.29, 1.82) is 0 Å². The molecule has 3 fully saturated rings. The molecular formula is C33H46ClN5O9S. The fourth-order valence-corrected chi connectivity index (χ4v) is 7.19. The quantitative estimate of drug-likeness (QED) is 0.261. The number of carbonyl (C=O) groups is 5. The average molecular weight is 724 g/mol. The number of anilines is 1. The van der Waals surface area contributed by atoms with Crippen molar-refractivity contribution in [3.8, 4) is 0 Å². The Morgan fingerprint density at radius 2 is 1.73 bits per heavy atom. The van der Waals surface area contributed by atoms with Gasteiger partial charge < -0.3 is 25.0 Å². The number of halogens is 1. The monoisotopic (exact) mass is 723 g/mol. The fraction of sp³-hybridized carbons (Fsp3) is 0.606. The Balaban J connectivity index is 1.59. The third-order valence-corrected chi connectivity index (χ3v) is 10.7. The van der Waals surface area contributed by atoms with Gasteiger partial charge in [0.15, 0.2) is 0 Å². The molecule has 2 aliphatic carbocycles. The largest absolute Gasteiger partial charge is 0.444 e. The molecule has 4 N–H and O–H groups in total. The molecule has 5 amide bonds. The summed E-state index contributed by atoms with van der Waals surface area (Å²) in [6.07, 6.45) is -0.449. The number of hydrogen-bond acceptors (Lipinski definition) is 9. The highest BCUT2D eigenvalue weighted by Crippen LogP contribution is 2.45. The fourth-order valence-electron chi connectivity index (χ4n) is 5.66. The molecule has 2 saturated carbocycles. The first-order chi connectivity index (χ1) is 22.6. The summed E-state index contributed by atoms with van der Waals surface area (Å²) in [5, 5.41) is 7.50. The van der Waals surface area contributed by atoms with Gasteiger partial charge in [0.2, 0.25) is 21.8 Å². The second-order valence-corrected chi connectivity index (χ2v) is 17.4. The first-order valence-electron chi connectivity index (χ1n) is 16.1. The normalized spacial score (nSPS) is 24.2. The Morgan fingerprint density at radius 1 is 1.08 bits per heavy atom. The zero-order valence-electron chi connectivity index (χ0n) is 28.8. The minimum absolute atomic E-state index is 0.0966. The van der Waals surface area contributed by atoms with E-state index >= 15 is 0 Å². The lowest BCUT2D eigenvalue weighted by molar-refractivity contribution is -0.143. The number of benzene rings is 1. The van der Waals surface area contributed by atoms with E-state index < -0.39 is 85.8 Å². The lowest BCUT2D eigenvalue weighted by atomic mass is 9.85. The highest BCUT2D eigenvalue weighted by Gasteiger charge is 2.62. The third kappa shape index (κ3) is 9.24. The van der Waals surface area contributed by atoms with E-state index in [1.165, 1.54) is 11.0 Å². The van der Waals surface area contributed by atoms with Crippen LogP contribution in [0.5, 0.6) is 0 Å². The number of hydrogen-bond donors (Lipinski definition) is 4. The number of sulfonamides is 1. The number of likely N-dealkylation sites (tertiary alicyclic amines) is 1. The zero-order chi connectivity index (χ0) is 36.7. The molecule has 0 aromatic heterocycles. The first-order valence-corrected chi connectivity index (χ1v) is 18.0. The number of rotatable bonds is 10. The van der Waals surface area contributed by atoms with Crippen LogP contribution in [0.15, 0.2) is 30.9 Å². The molecule has 49 heavy (non-hydrogen) atoms. The van der Waals surface area contributed by atoms with E-state index in [1.807, 2.05) is 6.92 Å².